The van der Waals surface area contributed by atoms with Crippen molar-refractivity contribution < 1.29 is 9.13 Å². The van der Waals surface area contributed by atoms with Crippen molar-refractivity contribution in [3.63, 3.8) is 0 Å². The van der Waals surface area contributed by atoms with Crippen LogP contribution in [0.3, 0.4) is 0 Å². The van der Waals surface area contributed by atoms with Crippen molar-refractivity contribution in [1.82, 2.24) is 5.32 Å². The summed E-state index contributed by atoms with van der Waals surface area (Å²) < 4.78 is 19.5. The molecule has 1 aromatic rings. The molecule has 0 radical (unpaired) electrons. The van der Waals surface area contributed by atoms with Gasteiger partial charge < -0.3 is 10.1 Å². The van der Waals surface area contributed by atoms with Gasteiger partial charge in [0.2, 0.25) is 0 Å². The molecule has 0 spiro atoms. The third-order valence-corrected chi connectivity index (χ3v) is 3.62. The topological polar surface area (TPSA) is 21.3 Å². The van der Waals surface area contributed by atoms with Gasteiger partial charge in [0.1, 0.15) is 11.6 Å². The molecule has 0 saturated heterocycles. The first-order valence-electron chi connectivity index (χ1n) is 6.82. The van der Waals surface area contributed by atoms with Crippen molar-refractivity contribution in [1.29, 1.82) is 0 Å². The Kier molecular flexibility index (Phi) is 7.27. The van der Waals surface area contributed by atoms with E-state index >= 15 is 0 Å². The molecule has 20 heavy (non-hydrogen) atoms. The van der Waals surface area contributed by atoms with Crippen LogP contribution in [0.4, 0.5) is 4.39 Å². The number of ether oxygens (including phenoxy) is 1. The highest BCUT2D eigenvalue weighted by molar-refractivity contribution is 9.10. The Labute approximate surface area is 134 Å². The fourth-order valence-electron chi connectivity index (χ4n) is 1.66. The molecular weight excluding hydrogens is 345 g/mol. The maximum atomic E-state index is 13.3. The lowest BCUT2D eigenvalue weighted by atomic mass is 10.1. The molecule has 1 N–H and O–H groups in total. The van der Waals surface area contributed by atoms with E-state index in [2.05, 4.69) is 42.0 Å². The van der Waals surface area contributed by atoms with E-state index in [0.29, 0.717) is 16.8 Å². The highest BCUT2D eigenvalue weighted by atomic mass is 79.9. The van der Waals surface area contributed by atoms with E-state index in [1.54, 1.807) is 0 Å². The van der Waals surface area contributed by atoms with Gasteiger partial charge in [-0.3, -0.25) is 0 Å². The van der Waals surface area contributed by atoms with Gasteiger partial charge in [0.05, 0.1) is 16.1 Å². The van der Waals surface area contributed by atoms with Crippen LogP contribution in [-0.4, -0.2) is 18.7 Å². The molecule has 1 rings (SSSR count). The average Bonchev–Trinajstić information content (AvgIpc) is 2.32. The zero-order valence-electron chi connectivity index (χ0n) is 12.2. The summed E-state index contributed by atoms with van der Waals surface area (Å²) in [7, 11) is 0. The number of hydrogen-bond donors (Lipinski definition) is 1. The fourth-order valence-corrected chi connectivity index (χ4v) is 2.42. The van der Waals surface area contributed by atoms with Crippen LogP contribution in [-0.2, 0) is 0 Å². The summed E-state index contributed by atoms with van der Waals surface area (Å²) in [6.07, 6.45) is 3.13. The van der Waals surface area contributed by atoms with E-state index in [4.69, 9.17) is 16.3 Å². The number of nitrogens with one attached hydrogen (secondary N) is 1. The Bertz CT molecular complexity index is 435. The van der Waals surface area contributed by atoms with Gasteiger partial charge in [0.25, 0.3) is 0 Å². The monoisotopic (exact) mass is 365 g/mol. The Hall–Kier alpha value is -0.320. The van der Waals surface area contributed by atoms with Crippen molar-refractivity contribution in [2.24, 2.45) is 0 Å². The highest BCUT2D eigenvalue weighted by Gasteiger charge is 2.08. The molecule has 0 heterocycles. The SMILES string of the molecule is CC(C)(C)NCCCCCOc1cc(F)c(Cl)cc1Br. The van der Waals surface area contributed by atoms with Crippen LogP contribution in [0, 0.1) is 5.82 Å². The third kappa shape index (κ3) is 6.91. The molecule has 0 unspecified atom stereocenters. The van der Waals surface area contributed by atoms with Gasteiger partial charge >= 0.3 is 0 Å². The minimum atomic E-state index is -0.459. The first-order chi connectivity index (χ1) is 9.29. The summed E-state index contributed by atoms with van der Waals surface area (Å²) >= 11 is 8.98. The van der Waals surface area contributed by atoms with Crippen LogP contribution in [0.25, 0.3) is 0 Å². The second-order valence-corrected chi connectivity index (χ2v) is 7.04. The normalized spacial score (nSPS) is 11.7. The molecule has 0 fully saturated rings. The molecule has 0 aliphatic heterocycles. The molecule has 114 valence electrons. The van der Waals surface area contributed by atoms with Crippen molar-refractivity contribution in [3.05, 3.63) is 27.4 Å². The van der Waals surface area contributed by atoms with Crippen LogP contribution in [0.2, 0.25) is 5.02 Å². The summed E-state index contributed by atoms with van der Waals surface area (Å²) in [4.78, 5) is 0. The van der Waals surface area contributed by atoms with E-state index in [1.807, 2.05) is 0 Å². The summed E-state index contributed by atoms with van der Waals surface area (Å²) in [6.45, 7) is 8.05. The standard InChI is InChI=1S/C15H22BrClFNO/c1-15(2,3)19-7-5-4-6-8-20-14-10-13(18)12(17)9-11(14)16/h9-10,19H,4-8H2,1-3H3. The largest absolute Gasteiger partial charge is 0.492 e. The first-order valence-corrected chi connectivity index (χ1v) is 7.99. The van der Waals surface area contributed by atoms with Crippen LogP contribution >= 0.6 is 27.5 Å². The molecule has 5 heteroatoms. The lowest BCUT2D eigenvalue weighted by Gasteiger charge is -2.20. The van der Waals surface area contributed by atoms with Crippen molar-refractivity contribution in [2.45, 2.75) is 45.6 Å². The molecule has 2 nitrogen and oxygen atoms in total. The van der Waals surface area contributed by atoms with Crippen molar-refractivity contribution in [3.8, 4) is 5.75 Å². The Morgan fingerprint density at radius 1 is 1.25 bits per heavy atom. The lowest BCUT2D eigenvalue weighted by Crippen LogP contribution is -2.36. The molecule has 0 aliphatic carbocycles. The highest BCUT2D eigenvalue weighted by Crippen LogP contribution is 2.30. The van der Waals surface area contributed by atoms with Gasteiger partial charge in [-0.05, 0) is 68.6 Å². The van der Waals surface area contributed by atoms with E-state index < -0.39 is 5.82 Å². The number of benzene rings is 1. The second kappa shape index (κ2) is 8.20. The first kappa shape index (κ1) is 17.7. The molecule has 0 amide bonds. The number of unbranched alkanes of at least 4 members (excludes halogenated alkanes) is 2. The van der Waals surface area contributed by atoms with Gasteiger partial charge in [-0.25, -0.2) is 4.39 Å². The van der Waals surface area contributed by atoms with E-state index in [1.165, 1.54) is 12.1 Å². The molecule has 0 bridgehead atoms. The quantitative estimate of drug-likeness (QED) is 0.530. The van der Waals surface area contributed by atoms with Gasteiger partial charge in [0.15, 0.2) is 0 Å². The van der Waals surface area contributed by atoms with Crippen molar-refractivity contribution in [2.75, 3.05) is 13.2 Å². The number of halogens is 3. The second-order valence-electron chi connectivity index (χ2n) is 5.78. The van der Waals surface area contributed by atoms with E-state index in [-0.39, 0.29) is 10.6 Å². The fraction of sp³-hybridized carbons (Fsp3) is 0.600. The minimum Gasteiger partial charge on any atom is -0.492 e. The van der Waals surface area contributed by atoms with E-state index in [9.17, 15) is 4.39 Å². The molecule has 0 aromatic heterocycles. The zero-order chi connectivity index (χ0) is 15.2. The average molecular weight is 367 g/mol. The Balaban J connectivity index is 2.20. The minimum absolute atomic E-state index is 0.0949. The van der Waals surface area contributed by atoms with Crippen LogP contribution in [0.15, 0.2) is 16.6 Å². The van der Waals surface area contributed by atoms with E-state index in [0.717, 1.165) is 25.8 Å². The third-order valence-electron chi connectivity index (χ3n) is 2.71. The molecule has 0 saturated carbocycles. The van der Waals surface area contributed by atoms with Gasteiger partial charge in [0, 0.05) is 11.6 Å². The summed E-state index contributed by atoms with van der Waals surface area (Å²) in [6, 6.07) is 2.83. The predicted molar refractivity (Wildman–Crippen MR) is 86.2 cm³/mol. The zero-order valence-corrected chi connectivity index (χ0v) is 14.6. The lowest BCUT2D eigenvalue weighted by molar-refractivity contribution is 0.300. The molecule has 1 aromatic carbocycles. The van der Waals surface area contributed by atoms with Crippen LogP contribution in [0.1, 0.15) is 40.0 Å². The molecule has 0 aliphatic rings. The maximum Gasteiger partial charge on any atom is 0.145 e. The summed E-state index contributed by atoms with van der Waals surface area (Å²) in [5.41, 5.74) is 0.169. The summed E-state index contributed by atoms with van der Waals surface area (Å²) in [5, 5.41) is 3.54. The van der Waals surface area contributed by atoms with Crippen LogP contribution in [0.5, 0.6) is 5.75 Å². The van der Waals surface area contributed by atoms with Crippen molar-refractivity contribution >= 4 is 27.5 Å². The number of hydrogen-bond acceptors (Lipinski definition) is 2. The maximum absolute atomic E-state index is 13.3. The molecular formula is C15H22BrClFNO. The van der Waals surface area contributed by atoms with Gasteiger partial charge in [-0.2, -0.15) is 0 Å². The Morgan fingerprint density at radius 2 is 1.95 bits per heavy atom. The summed E-state index contributed by atoms with van der Waals surface area (Å²) in [5.74, 6) is 0.0407. The van der Waals surface area contributed by atoms with Gasteiger partial charge in [-0.1, -0.05) is 11.6 Å². The number of rotatable bonds is 7. The Morgan fingerprint density at radius 3 is 2.60 bits per heavy atom. The van der Waals surface area contributed by atoms with Crippen LogP contribution < -0.4 is 10.1 Å². The predicted octanol–water partition coefficient (Wildman–Crippen LogP) is 5.18. The molecule has 0 atom stereocenters. The van der Waals surface area contributed by atoms with Gasteiger partial charge in [-0.15, -0.1) is 0 Å². The smallest absolute Gasteiger partial charge is 0.145 e.